The second-order valence-corrected chi connectivity index (χ2v) is 6.08. The minimum Gasteiger partial charge on any atom is -0.346 e. The van der Waals surface area contributed by atoms with Gasteiger partial charge in [0.05, 0.1) is 0 Å². The average Bonchev–Trinajstić information content (AvgIpc) is 2.63. The van der Waals surface area contributed by atoms with Gasteiger partial charge in [0.1, 0.15) is 0 Å². The molecule has 0 unspecified atom stereocenters. The minimum absolute atomic E-state index is 0.0254. The van der Waals surface area contributed by atoms with Gasteiger partial charge in [-0.2, -0.15) is 0 Å². The van der Waals surface area contributed by atoms with Crippen molar-refractivity contribution in [1.29, 1.82) is 0 Å². The van der Waals surface area contributed by atoms with E-state index in [4.69, 9.17) is 0 Å². The summed E-state index contributed by atoms with van der Waals surface area (Å²) >= 11 is 0. The lowest BCUT2D eigenvalue weighted by molar-refractivity contribution is 0.0941. The summed E-state index contributed by atoms with van der Waals surface area (Å²) < 4.78 is 0. The maximum atomic E-state index is 12.8. The number of hydrogen-bond donors (Lipinski definition) is 1. The molecule has 1 atom stereocenters. The van der Waals surface area contributed by atoms with Crippen molar-refractivity contribution in [2.24, 2.45) is 0 Å². The lowest BCUT2D eigenvalue weighted by Gasteiger charge is -2.19. The van der Waals surface area contributed by atoms with Crippen LogP contribution in [0, 0.1) is 6.92 Å². The third-order valence-corrected chi connectivity index (χ3v) is 3.98. The fraction of sp³-hybridized carbons (Fsp3) is 0.348. The number of nitrogens with one attached hydrogen (secondary N) is 1. The van der Waals surface area contributed by atoms with Crippen molar-refractivity contribution in [2.45, 2.75) is 53.5 Å². The molecular weight excluding hydrogens is 306 g/mol. The summed E-state index contributed by atoms with van der Waals surface area (Å²) in [6, 6.07) is 16.0. The molecule has 0 fully saturated rings. The molecule has 0 aliphatic carbocycles. The predicted molar refractivity (Wildman–Crippen MR) is 109 cm³/mol. The van der Waals surface area contributed by atoms with Crippen LogP contribution in [0.3, 0.4) is 0 Å². The molecule has 0 aliphatic rings. The van der Waals surface area contributed by atoms with Crippen LogP contribution in [0.2, 0.25) is 0 Å². The Kier molecular flexibility index (Phi) is 8.69. The molecule has 0 spiro atoms. The van der Waals surface area contributed by atoms with Gasteiger partial charge in [-0.1, -0.05) is 87.4 Å². The third-order valence-electron chi connectivity index (χ3n) is 3.98. The number of rotatable bonds is 6. The van der Waals surface area contributed by atoms with Crippen LogP contribution in [0.25, 0.3) is 11.1 Å². The van der Waals surface area contributed by atoms with Crippen molar-refractivity contribution in [2.75, 3.05) is 0 Å². The van der Waals surface area contributed by atoms with Gasteiger partial charge in [-0.25, -0.2) is 0 Å². The average molecular weight is 338 g/mol. The summed E-state index contributed by atoms with van der Waals surface area (Å²) in [6.07, 6.45) is 1.92. The molecule has 0 saturated heterocycles. The molecule has 134 valence electrons. The zero-order chi connectivity index (χ0) is 18.8. The van der Waals surface area contributed by atoms with Crippen LogP contribution >= 0.6 is 0 Å². The van der Waals surface area contributed by atoms with Crippen LogP contribution < -0.4 is 5.32 Å². The lowest BCUT2D eigenvalue weighted by Crippen LogP contribution is -2.35. The van der Waals surface area contributed by atoms with Crippen LogP contribution in [-0.2, 0) is 0 Å². The highest BCUT2D eigenvalue weighted by molar-refractivity contribution is 6.01. The summed E-state index contributed by atoms with van der Waals surface area (Å²) in [5.41, 5.74) is 4.88. The van der Waals surface area contributed by atoms with Gasteiger partial charge < -0.3 is 5.32 Å². The van der Waals surface area contributed by atoms with Gasteiger partial charge in [-0.05, 0) is 37.5 Å². The molecule has 2 aromatic carbocycles. The number of amides is 1. The van der Waals surface area contributed by atoms with E-state index in [-0.39, 0.29) is 11.9 Å². The van der Waals surface area contributed by atoms with Crippen molar-refractivity contribution >= 4 is 5.91 Å². The highest BCUT2D eigenvalue weighted by atomic mass is 16.1. The molecule has 0 heterocycles. The van der Waals surface area contributed by atoms with Gasteiger partial charge in [0.15, 0.2) is 0 Å². The first kappa shape index (κ1) is 20.7. The Labute approximate surface area is 153 Å². The monoisotopic (exact) mass is 337 g/mol. The maximum absolute atomic E-state index is 12.8. The predicted octanol–water partition coefficient (Wildman–Crippen LogP) is 6.16. The number of carbonyl (C=O) groups is 1. The maximum Gasteiger partial charge on any atom is 0.252 e. The first-order chi connectivity index (χ1) is 12.0. The molecule has 2 heteroatoms. The van der Waals surface area contributed by atoms with Gasteiger partial charge >= 0.3 is 0 Å². The van der Waals surface area contributed by atoms with Crippen molar-refractivity contribution in [3.63, 3.8) is 0 Å². The van der Waals surface area contributed by atoms with Crippen LogP contribution in [0.5, 0.6) is 0 Å². The van der Waals surface area contributed by atoms with Crippen LogP contribution in [0.4, 0.5) is 0 Å². The molecule has 2 nitrogen and oxygen atoms in total. The van der Waals surface area contributed by atoms with E-state index >= 15 is 0 Å². The Bertz CT molecular complexity index is 688. The largest absolute Gasteiger partial charge is 0.346 e. The van der Waals surface area contributed by atoms with E-state index < -0.39 is 0 Å². The Morgan fingerprint density at radius 3 is 2.32 bits per heavy atom. The van der Waals surface area contributed by atoms with Crippen molar-refractivity contribution < 1.29 is 4.79 Å². The lowest BCUT2D eigenvalue weighted by atomic mass is 9.96. The smallest absolute Gasteiger partial charge is 0.252 e. The summed E-state index contributed by atoms with van der Waals surface area (Å²) in [7, 11) is 0. The quantitative estimate of drug-likeness (QED) is 0.628. The number of aryl methyl sites for hydroxylation is 1. The van der Waals surface area contributed by atoms with Gasteiger partial charge in [-0.15, -0.1) is 0 Å². The molecule has 1 N–H and O–H groups in total. The van der Waals surface area contributed by atoms with Gasteiger partial charge in [0.2, 0.25) is 0 Å². The number of hydrogen-bond acceptors (Lipinski definition) is 1. The number of benzene rings is 2. The Balaban J connectivity index is 0.00000151. The van der Waals surface area contributed by atoms with E-state index in [0.717, 1.165) is 35.1 Å². The molecule has 0 saturated carbocycles. The first-order valence-electron chi connectivity index (χ1n) is 9.15. The second-order valence-electron chi connectivity index (χ2n) is 6.08. The SMILES string of the molecule is C=C(C)[C@H](CCC)NC(=O)c1ccc(C)cc1-c1ccccc1.CC. The van der Waals surface area contributed by atoms with Crippen molar-refractivity contribution in [3.05, 3.63) is 71.8 Å². The normalized spacial score (nSPS) is 11.1. The van der Waals surface area contributed by atoms with Crippen molar-refractivity contribution in [1.82, 2.24) is 5.32 Å². The molecule has 0 bridgehead atoms. The van der Waals surface area contributed by atoms with E-state index in [1.54, 1.807) is 0 Å². The Morgan fingerprint density at radius 2 is 1.76 bits per heavy atom. The zero-order valence-electron chi connectivity index (χ0n) is 16.2. The Hall–Kier alpha value is -2.35. The van der Waals surface area contributed by atoms with E-state index in [1.165, 1.54) is 0 Å². The van der Waals surface area contributed by atoms with Crippen LogP contribution in [0.15, 0.2) is 60.7 Å². The summed E-state index contributed by atoms with van der Waals surface area (Å²) in [6.45, 7) is 14.1. The molecule has 2 aromatic rings. The molecule has 25 heavy (non-hydrogen) atoms. The zero-order valence-corrected chi connectivity index (χ0v) is 16.2. The highest BCUT2D eigenvalue weighted by Crippen LogP contribution is 2.25. The van der Waals surface area contributed by atoms with Gasteiger partial charge in [0.25, 0.3) is 5.91 Å². The fourth-order valence-electron chi connectivity index (χ4n) is 2.68. The van der Waals surface area contributed by atoms with E-state index in [2.05, 4.69) is 24.9 Å². The van der Waals surface area contributed by atoms with E-state index in [1.807, 2.05) is 70.2 Å². The van der Waals surface area contributed by atoms with Gasteiger partial charge in [0, 0.05) is 11.6 Å². The van der Waals surface area contributed by atoms with Crippen LogP contribution in [-0.4, -0.2) is 11.9 Å². The fourth-order valence-corrected chi connectivity index (χ4v) is 2.68. The molecule has 0 aromatic heterocycles. The highest BCUT2D eigenvalue weighted by Gasteiger charge is 2.17. The second kappa shape index (κ2) is 10.5. The van der Waals surface area contributed by atoms with Crippen molar-refractivity contribution in [3.8, 4) is 11.1 Å². The first-order valence-corrected chi connectivity index (χ1v) is 9.15. The molecule has 1 amide bonds. The Morgan fingerprint density at radius 1 is 1.12 bits per heavy atom. The standard InChI is InChI=1S/C21H25NO.C2H6/c1-5-9-20(15(2)3)22-21(23)18-13-12-16(4)14-19(18)17-10-7-6-8-11-17;1-2/h6-8,10-14,20H,2,5,9H2,1,3-4H3,(H,22,23);1-2H3/t20-;/m0./s1. The molecule has 2 rings (SSSR count). The van der Waals surface area contributed by atoms with E-state index in [0.29, 0.717) is 5.56 Å². The molecule has 0 radical (unpaired) electrons. The van der Waals surface area contributed by atoms with E-state index in [9.17, 15) is 4.79 Å². The summed E-state index contributed by atoms with van der Waals surface area (Å²) in [5, 5.41) is 3.12. The number of carbonyl (C=O) groups excluding carboxylic acids is 1. The topological polar surface area (TPSA) is 29.1 Å². The van der Waals surface area contributed by atoms with Crippen LogP contribution in [0.1, 0.15) is 56.5 Å². The van der Waals surface area contributed by atoms with Gasteiger partial charge in [-0.3, -0.25) is 4.79 Å². The molecule has 0 aliphatic heterocycles. The third kappa shape index (κ3) is 5.90. The summed E-state index contributed by atoms with van der Waals surface area (Å²) in [4.78, 5) is 12.8. The minimum atomic E-state index is -0.0368. The molecular formula is C23H31NO. The summed E-state index contributed by atoms with van der Waals surface area (Å²) in [5.74, 6) is -0.0368.